The molecule has 6 nitrogen and oxygen atoms in total. The van der Waals surface area contributed by atoms with Gasteiger partial charge in [-0.15, -0.1) is 10.2 Å². The molecule has 0 aliphatic carbocycles. The molecule has 0 spiro atoms. The lowest BCUT2D eigenvalue weighted by Gasteiger charge is -2.08. The van der Waals surface area contributed by atoms with E-state index in [1.807, 2.05) is 51.1 Å². The average molecular weight is 437 g/mol. The zero-order valence-corrected chi connectivity index (χ0v) is 18.4. The topological polar surface area (TPSA) is 87.7 Å². The molecule has 0 atom stereocenters. The summed E-state index contributed by atoms with van der Waals surface area (Å²) >= 11 is 2.78. The number of hydrogen-bond donors (Lipinski definition) is 2. The van der Waals surface area contributed by atoms with E-state index in [0.29, 0.717) is 16.4 Å². The van der Waals surface area contributed by atoms with Crippen LogP contribution in [0.2, 0.25) is 0 Å². The molecule has 0 radical (unpaired) electrons. The van der Waals surface area contributed by atoms with Gasteiger partial charge in [0.05, 0.1) is 5.52 Å². The highest BCUT2D eigenvalue weighted by molar-refractivity contribution is 8.00. The fraction of sp³-hybridized carbons (Fsp3) is 0.182. The Hall–Kier alpha value is -2.97. The molecule has 8 heteroatoms. The lowest BCUT2D eigenvalue weighted by Crippen LogP contribution is -2.12. The number of carbonyl (C=O) groups excluding carboxylic acids is 1. The monoisotopic (exact) mass is 436 g/mol. The number of anilines is 1. The van der Waals surface area contributed by atoms with Gasteiger partial charge in [-0.2, -0.15) is 0 Å². The van der Waals surface area contributed by atoms with E-state index in [2.05, 4.69) is 20.5 Å². The van der Waals surface area contributed by atoms with Crippen molar-refractivity contribution in [3.8, 4) is 0 Å². The molecule has 2 aromatic heterocycles. The summed E-state index contributed by atoms with van der Waals surface area (Å²) in [6.45, 7) is 5.83. The van der Waals surface area contributed by atoms with Gasteiger partial charge in [0.2, 0.25) is 5.13 Å². The van der Waals surface area contributed by atoms with E-state index in [9.17, 15) is 9.59 Å². The Morgan fingerprint density at radius 1 is 1.07 bits per heavy atom. The highest BCUT2D eigenvalue weighted by atomic mass is 32.2. The Bertz CT molecular complexity index is 1310. The number of pyridine rings is 1. The molecule has 0 fully saturated rings. The van der Waals surface area contributed by atoms with Crippen molar-refractivity contribution < 1.29 is 4.79 Å². The summed E-state index contributed by atoms with van der Waals surface area (Å²) < 4.78 is 0.719. The summed E-state index contributed by atoms with van der Waals surface area (Å²) in [7, 11) is 0. The lowest BCUT2D eigenvalue weighted by molar-refractivity contribution is 0.102. The van der Waals surface area contributed by atoms with Gasteiger partial charge >= 0.3 is 0 Å². The summed E-state index contributed by atoms with van der Waals surface area (Å²) in [6.07, 6.45) is 0. The Labute approximate surface area is 181 Å². The van der Waals surface area contributed by atoms with Crippen LogP contribution in [-0.2, 0) is 5.75 Å². The maximum Gasteiger partial charge on any atom is 0.257 e. The minimum absolute atomic E-state index is 0.0176. The molecule has 0 saturated heterocycles. The van der Waals surface area contributed by atoms with Crippen LogP contribution in [0.5, 0.6) is 0 Å². The molecule has 152 valence electrons. The number of H-pyrrole nitrogens is 1. The van der Waals surface area contributed by atoms with Crippen LogP contribution in [-0.4, -0.2) is 21.1 Å². The first kappa shape index (κ1) is 20.3. The van der Waals surface area contributed by atoms with E-state index in [-0.39, 0.29) is 11.3 Å². The number of benzene rings is 2. The zero-order valence-electron chi connectivity index (χ0n) is 16.8. The molecule has 2 aromatic carbocycles. The summed E-state index contributed by atoms with van der Waals surface area (Å²) in [5, 5.41) is 12.2. The highest BCUT2D eigenvalue weighted by Crippen LogP contribution is 2.29. The molecular weight excluding hydrogens is 416 g/mol. The van der Waals surface area contributed by atoms with Gasteiger partial charge in [0.15, 0.2) is 9.77 Å². The fourth-order valence-corrected chi connectivity index (χ4v) is 4.90. The number of rotatable bonds is 5. The minimum atomic E-state index is -0.203. The van der Waals surface area contributed by atoms with Crippen LogP contribution in [0.15, 0.2) is 51.6 Å². The van der Waals surface area contributed by atoms with Crippen molar-refractivity contribution in [3.05, 3.63) is 80.6 Å². The van der Waals surface area contributed by atoms with Gasteiger partial charge in [-0.05, 0) is 43.5 Å². The van der Waals surface area contributed by atoms with Crippen molar-refractivity contribution in [2.45, 2.75) is 30.9 Å². The van der Waals surface area contributed by atoms with Gasteiger partial charge in [-0.1, -0.05) is 53.4 Å². The molecule has 0 aliphatic rings. The van der Waals surface area contributed by atoms with E-state index in [4.69, 9.17) is 0 Å². The van der Waals surface area contributed by atoms with Crippen LogP contribution in [0.4, 0.5) is 5.13 Å². The van der Waals surface area contributed by atoms with E-state index in [1.165, 1.54) is 23.1 Å². The molecule has 0 unspecified atom stereocenters. The molecule has 4 rings (SSSR count). The highest BCUT2D eigenvalue weighted by Gasteiger charge is 2.13. The Morgan fingerprint density at radius 2 is 1.83 bits per heavy atom. The Morgan fingerprint density at radius 3 is 2.63 bits per heavy atom. The van der Waals surface area contributed by atoms with E-state index in [0.717, 1.165) is 37.6 Å². The number of aromatic amines is 1. The molecule has 0 bridgehead atoms. The molecule has 2 N–H and O–H groups in total. The quantitative estimate of drug-likeness (QED) is 0.345. The first-order valence-electron chi connectivity index (χ1n) is 9.38. The SMILES string of the molecule is Cc1ccccc1C(=O)Nc1nnc(SCc2cc(=O)c3c(C)ccc(C)c3[nH]2)s1. The summed E-state index contributed by atoms with van der Waals surface area (Å²) in [6, 6.07) is 13.0. The molecule has 30 heavy (non-hydrogen) atoms. The van der Waals surface area contributed by atoms with Crippen LogP contribution < -0.4 is 10.7 Å². The number of aromatic nitrogens is 3. The van der Waals surface area contributed by atoms with Gasteiger partial charge in [0, 0.05) is 28.5 Å². The van der Waals surface area contributed by atoms with Crippen molar-refractivity contribution >= 4 is 45.0 Å². The largest absolute Gasteiger partial charge is 0.357 e. The van der Waals surface area contributed by atoms with Crippen LogP contribution >= 0.6 is 23.1 Å². The third-order valence-corrected chi connectivity index (χ3v) is 6.85. The number of thioether (sulfide) groups is 1. The Balaban J connectivity index is 1.47. The van der Waals surface area contributed by atoms with Crippen molar-refractivity contribution in [2.75, 3.05) is 5.32 Å². The third kappa shape index (κ3) is 4.15. The van der Waals surface area contributed by atoms with Gasteiger partial charge in [-0.3, -0.25) is 14.9 Å². The zero-order chi connectivity index (χ0) is 21.3. The lowest BCUT2D eigenvalue weighted by atomic mass is 10.0. The number of carbonyl (C=O) groups is 1. The van der Waals surface area contributed by atoms with Crippen LogP contribution in [0, 0.1) is 20.8 Å². The number of aryl methyl sites for hydroxylation is 3. The third-order valence-electron chi connectivity index (χ3n) is 4.83. The molecular formula is C22H20N4O2S2. The first-order chi connectivity index (χ1) is 14.4. The number of nitrogens with zero attached hydrogens (tertiary/aromatic N) is 2. The maximum absolute atomic E-state index is 12.6. The summed E-state index contributed by atoms with van der Waals surface area (Å²) in [5.41, 5.74) is 5.24. The molecule has 4 aromatic rings. The molecule has 2 heterocycles. The second-order valence-electron chi connectivity index (χ2n) is 7.04. The van der Waals surface area contributed by atoms with Crippen molar-refractivity contribution in [1.82, 2.24) is 15.2 Å². The van der Waals surface area contributed by atoms with E-state index >= 15 is 0 Å². The molecule has 0 saturated carbocycles. The second-order valence-corrected chi connectivity index (χ2v) is 9.24. The average Bonchev–Trinajstić information content (AvgIpc) is 3.16. The predicted molar refractivity (Wildman–Crippen MR) is 123 cm³/mol. The Kier molecular flexibility index (Phi) is 5.69. The minimum Gasteiger partial charge on any atom is -0.357 e. The first-order valence-corrected chi connectivity index (χ1v) is 11.2. The summed E-state index contributed by atoms with van der Waals surface area (Å²) in [5.74, 6) is 0.351. The number of hydrogen-bond acceptors (Lipinski definition) is 6. The number of nitrogens with one attached hydrogen (secondary N) is 2. The van der Waals surface area contributed by atoms with E-state index < -0.39 is 0 Å². The van der Waals surface area contributed by atoms with Crippen molar-refractivity contribution in [3.63, 3.8) is 0 Å². The van der Waals surface area contributed by atoms with Gasteiger partial charge in [0.25, 0.3) is 5.91 Å². The van der Waals surface area contributed by atoms with Gasteiger partial charge in [0.1, 0.15) is 0 Å². The smallest absolute Gasteiger partial charge is 0.257 e. The maximum atomic E-state index is 12.6. The van der Waals surface area contributed by atoms with Crippen LogP contribution in [0.3, 0.4) is 0 Å². The fourth-order valence-electron chi connectivity index (χ4n) is 3.24. The van der Waals surface area contributed by atoms with Gasteiger partial charge in [-0.25, -0.2) is 0 Å². The van der Waals surface area contributed by atoms with E-state index in [1.54, 1.807) is 12.1 Å². The standard InChI is InChI=1S/C22H20N4O2S2/c1-12-6-4-5-7-16(12)20(28)24-21-25-26-22(30-21)29-11-15-10-17(27)18-13(2)8-9-14(3)19(18)23-15/h4-10H,11H2,1-3H3,(H,23,27)(H,24,25,28). The second kappa shape index (κ2) is 8.41. The van der Waals surface area contributed by atoms with Crippen LogP contribution in [0.1, 0.15) is 32.7 Å². The van der Waals surface area contributed by atoms with Crippen molar-refractivity contribution in [2.24, 2.45) is 0 Å². The predicted octanol–water partition coefficient (Wildman–Crippen LogP) is 4.85. The van der Waals surface area contributed by atoms with Crippen LogP contribution in [0.25, 0.3) is 10.9 Å². The normalized spacial score (nSPS) is 11.0. The molecule has 1 amide bonds. The number of amides is 1. The summed E-state index contributed by atoms with van der Waals surface area (Å²) in [4.78, 5) is 28.4. The van der Waals surface area contributed by atoms with Gasteiger partial charge < -0.3 is 4.98 Å². The van der Waals surface area contributed by atoms with Crippen molar-refractivity contribution in [1.29, 1.82) is 0 Å². The number of fused-ring (bicyclic) bond motifs is 1. The molecule has 0 aliphatic heterocycles.